The van der Waals surface area contributed by atoms with Crippen molar-refractivity contribution < 1.29 is 23.1 Å². The number of imidazole rings is 1. The van der Waals surface area contributed by atoms with Gasteiger partial charge in [-0.25, -0.2) is 4.98 Å². The molecule has 10 heteroatoms. The fraction of sp³-hybridized carbons (Fsp3) is 0.750. The summed E-state index contributed by atoms with van der Waals surface area (Å²) in [7, 11) is 3.99. The Balaban J connectivity index is 1.95. The first-order chi connectivity index (χ1) is 12.1. The lowest BCUT2D eigenvalue weighted by atomic mass is 10.0. The van der Waals surface area contributed by atoms with E-state index in [0.717, 1.165) is 17.4 Å². The number of aromatic nitrogens is 2. The topological polar surface area (TPSA) is 61.6 Å². The fourth-order valence-electron chi connectivity index (χ4n) is 3.11. The summed E-state index contributed by atoms with van der Waals surface area (Å²) in [5.41, 5.74) is 0. The quantitative estimate of drug-likeness (QED) is 0.802. The summed E-state index contributed by atoms with van der Waals surface area (Å²) < 4.78 is 38.5. The van der Waals surface area contributed by atoms with Crippen LogP contribution < -0.4 is 0 Å². The minimum atomic E-state index is -4.34. The van der Waals surface area contributed by atoms with E-state index in [2.05, 4.69) is 9.88 Å². The maximum absolute atomic E-state index is 12.4. The second-order valence-corrected chi connectivity index (χ2v) is 7.14. The van der Waals surface area contributed by atoms with E-state index in [9.17, 15) is 23.1 Å². The van der Waals surface area contributed by atoms with Crippen LogP contribution >= 0.6 is 11.6 Å². The van der Waals surface area contributed by atoms with Crippen LogP contribution in [0.4, 0.5) is 13.2 Å². The van der Waals surface area contributed by atoms with Gasteiger partial charge < -0.3 is 19.5 Å². The summed E-state index contributed by atoms with van der Waals surface area (Å²) in [4.78, 5) is 20.1. The van der Waals surface area contributed by atoms with Crippen LogP contribution in [0.1, 0.15) is 37.6 Å². The summed E-state index contributed by atoms with van der Waals surface area (Å²) in [5, 5.41) is 10.3. The van der Waals surface area contributed by atoms with Gasteiger partial charge in [0, 0.05) is 25.7 Å². The third kappa shape index (κ3) is 5.59. The molecule has 0 aromatic carbocycles. The number of hydrogen-bond acceptors (Lipinski definition) is 4. The second kappa shape index (κ2) is 8.58. The van der Waals surface area contributed by atoms with Crippen molar-refractivity contribution in [2.24, 2.45) is 0 Å². The Morgan fingerprint density at radius 1 is 1.42 bits per heavy atom. The number of nitrogens with zero attached hydrogens (tertiary/aromatic N) is 4. The van der Waals surface area contributed by atoms with Crippen LogP contribution in [-0.4, -0.2) is 69.8 Å². The van der Waals surface area contributed by atoms with Crippen LogP contribution in [-0.2, 0) is 11.3 Å². The highest BCUT2D eigenvalue weighted by Gasteiger charge is 2.30. The molecule has 1 aromatic rings. The Hall–Kier alpha value is -1.32. The van der Waals surface area contributed by atoms with E-state index in [1.54, 1.807) is 4.90 Å². The monoisotopic (exact) mass is 396 g/mol. The van der Waals surface area contributed by atoms with Crippen molar-refractivity contribution in [3.8, 4) is 0 Å². The molecule has 2 heterocycles. The highest BCUT2D eigenvalue weighted by Crippen LogP contribution is 2.26. The minimum Gasteiger partial charge on any atom is -0.385 e. The summed E-state index contributed by atoms with van der Waals surface area (Å²) >= 11 is 5.87. The van der Waals surface area contributed by atoms with Crippen LogP contribution in [0.15, 0.2) is 6.20 Å². The normalized spacial score (nSPS) is 17.8. The van der Waals surface area contributed by atoms with Crippen molar-refractivity contribution in [1.29, 1.82) is 0 Å². The molecular weight excluding hydrogens is 373 g/mol. The van der Waals surface area contributed by atoms with Gasteiger partial charge in [0.25, 0.3) is 0 Å². The molecule has 1 aliphatic heterocycles. The van der Waals surface area contributed by atoms with Crippen molar-refractivity contribution in [3.05, 3.63) is 17.2 Å². The smallest absolute Gasteiger partial charge is 0.385 e. The third-order valence-corrected chi connectivity index (χ3v) is 4.97. The van der Waals surface area contributed by atoms with E-state index in [1.807, 2.05) is 14.1 Å². The number of rotatable bonds is 6. The number of carbonyl (C=O) groups is 1. The number of likely N-dealkylation sites (tertiary alicyclic amines) is 1. The fourth-order valence-corrected chi connectivity index (χ4v) is 3.33. The number of carbonyl (C=O) groups excluding carboxylic acids is 1. The molecule has 0 radical (unpaired) electrons. The molecule has 26 heavy (non-hydrogen) atoms. The van der Waals surface area contributed by atoms with Gasteiger partial charge in [-0.05, 0) is 26.9 Å². The first kappa shape index (κ1) is 21.0. The highest BCUT2D eigenvalue weighted by atomic mass is 35.5. The largest absolute Gasteiger partial charge is 0.390 e. The standard InChI is InChI=1S/C16H24ClF3N4O2/c1-22(2)11-3-6-23(7-4-11)14(26)9-12(25)15-21-10-13(17)24(15)8-5-16(18,19)20/h10-12,25H,3-9H2,1-2H3. The predicted molar refractivity (Wildman–Crippen MR) is 90.8 cm³/mol. The molecule has 1 atom stereocenters. The molecule has 1 N–H and O–H groups in total. The minimum absolute atomic E-state index is 0.00236. The van der Waals surface area contributed by atoms with Crippen molar-refractivity contribution in [1.82, 2.24) is 19.4 Å². The molecule has 1 fully saturated rings. The first-order valence-corrected chi connectivity index (χ1v) is 8.86. The van der Waals surface area contributed by atoms with E-state index in [4.69, 9.17) is 11.6 Å². The molecule has 1 aromatic heterocycles. The molecule has 6 nitrogen and oxygen atoms in total. The van der Waals surface area contributed by atoms with Gasteiger partial charge in [-0.2, -0.15) is 13.2 Å². The highest BCUT2D eigenvalue weighted by molar-refractivity contribution is 6.29. The Morgan fingerprint density at radius 2 is 2.04 bits per heavy atom. The zero-order chi connectivity index (χ0) is 19.5. The van der Waals surface area contributed by atoms with Crippen molar-refractivity contribution in [2.45, 2.75) is 50.6 Å². The van der Waals surface area contributed by atoms with Gasteiger partial charge in [-0.1, -0.05) is 11.6 Å². The summed E-state index contributed by atoms with van der Waals surface area (Å²) in [6, 6.07) is 0.420. The maximum atomic E-state index is 12.4. The zero-order valence-corrected chi connectivity index (χ0v) is 15.6. The molecule has 2 rings (SSSR count). The average molecular weight is 397 g/mol. The molecule has 1 saturated heterocycles. The van der Waals surface area contributed by atoms with Crippen molar-refractivity contribution in [3.63, 3.8) is 0 Å². The third-order valence-electron chi connectivity index (χ3n) is 4.67. The number of aliphatic hydroxyl groups is 1. The second-order valence-electron chi connectivity index (χ2n) is 6.75. The van der Waals surface area contributed by atoms with Gasteiger partial charge in [-0.3, -0.25) is 4.79 Å². The van der Waals surface area contributed by atoms with Gasteiger partial charge in [-0.15, -0.1) is 0 Å². The maximum Gasteiger partial charge on any atom is 0.390 e. The number of aliphatic hydroxyl groups excluding tert-OH is 1. The molecule has 0 spiro atoms. The lowest BCUT2D eigenvalue weighted by Crippen LogP contribution is -2.44. The molecule has 1 amide bonds. The van der Waals surface area contributed by atoms with Crippen LogP contribution in [0.2, 0.25) is 5.15 Å². The van der Waals surface area contributed by atoms with E-state index in [-0.39, 0.29) is 23.3 Å². The molecule has 1 aliphatic rings. The Morgan fingerprint density at radius 3 is 2.58 bits per heavy atom. The molecule has 148 valence electrons. The zero-order valence-electron chi connectivity index (χ0n) is 14.8. The predicted octanol–water partition coefficient (Wildman–Crippen LogP) is 2.47. The number of hydrogen-bond donors (Lipinski definition) is 1. The Kier molecular flexibility index (Phi) is 6.92. The van der Waals surface area contributed by atoms with Gasteiger partial charge >= 0.3 is 6.18 Å². The first-order valence-electron chi connectivity index (χ1n) is 8.48. The van der Waals surface area contributed by atoms with Gasteiger partial charge in [0.2, 0.25) is 5.91 Å². The lowest BCUT2D eigenvalue weighted by Gasteiger charge is -2.35. The van der Waals surface area contributed by atoms with E-state index in [1.165, 1.54) is 6.20 Å². The van der Waals surface area contributed by atoms with E-state index < -0.39 is 25.2 Å². The number of alkyl halides is 3. The summed E-state index contributed by atoms with van der Waals surface area (Å²) in [6.07, 6.45) is -4.08. The summed E-state index contributed by atoms with van der Waals surface area (Å²) in [5.74, 6) is -0.257. The van der Waals surface area contributed by atoms with Crippen LogP contribution in [0.5, 0.6) is 0 Å². The lowest BCUT2D eigenvalue weighted by molar-refractivity contribution is -0.138. The van der Waals surface area contributed by atoms with Crippen LogP contribution in [0, 0.1) is 0 Å². The Bertz CT molecular complexity index is 613. The Labute approximate surface area is 155 Å². The van der Waals surface area contributed by atoms with Crippen LogP contribution in [0.25, 0.3) is 0 Å². The van der Waals surface area contributed by atoms with Crippen LogP contribution in [0.3, 0.4) is 0 Å². The molecular formula is C16H24ClF3N4O2. The SMILES string of the molecule is CN(C)C1CCN(C(=O)CC(O)c2ncc(Cl)n2CCC(F)(F)F)CC1. The van der Waals surface area contributed by atoms with Crippen molar-refractivity contribution >= 4 is 17.5 Å². The molecule has 1 unspecified atom stereocenters. The van der Waals surface area contributed by atoms with E-state index in [0.29, 0.717) is 19.1 Å². The number of halogens is 4. The number of piperidine rings is 1. The van der Waals surface area contributed by atoms with E-state index >= 15 is 0 Å². The summed E-state index contributed by atoms with van der Waals surface area (Å²) in [6.45, 7) is 0.743. The molecule has 0 bridgehead atoms. The molecule has 0 aliphatic carbocycles. The number of amides is 1. The van der Waals surface area contributed by atoms with Crippen molar-refractivity contribution in [2.75, 3.05) is 27.2 Å². The average Bonchev–Trinajstić information content (AvgIpc) is 2.93. The van der Waals surface area contributed by atoms with Gasteiger partial charge in [0.15, 0.2) is 0 Å². The molecule has 0 saturated carbocycles. The van der Waals surface area contributed by atoms with Gasteiger partial charge in [0.05, 0.1) is 19.0 Å². The van der Waals surface area contributed by atoms with Gasteiger partial charge in [0.1, 0.15) is 17.1 Å².